The highest BCUT2D eigenvalue weighted by Crippen LogP contribution is 2.28. The number of rotatable bonds is 6. The van der Waals surface area contributed by atoms with Crippen LogP contribution in [0.4, 0.5) is 11.4 Å². The van der Waals surface area contributed by atoms with Crippen molar-refractivity contribution in [2.45, 2.75) is 39.0 Å². The molecule has 0 aliphatic heterocycles. The fourth-order valence-corrected chi connectivity index (χ4v) is 2.64. The van der Waals surface area contributed by atoms with Crippen LogP contribution in [0, 0.1) is 5.92 Å². The van der Waals surface area contributed by atoms with Crippen LogP contribution in [-0.2, 0) is 0 Å². The second-order valence-corrected chi connectivity index (χ2v) is 5.05. The molecule has 0 aromatic heterocycles. The van der Waals surface area contributed by atoms with Crippen LogP contribution < -0.4 is 15.8 Å². The molecule has 1 aromatic carbocycles. The van der Waals surface area contributed by atoms with E-state index in [4.69, 9.17) is 10.5 Å². The summed E-state index contributed by atoms with van der Waals surface area (Å²) in [6, 6.07) is 5.92. The van der Waals surface area contributed by atoms with Crippen molar-refractivity contribution in [3.05, 3.63) is 18.2 Å². The summed E-state index contributed by atoms with van der Waals surface area (Å²) in [4.78, 5) is 0. The van der Waals surface area contributed by atoms with E-state index in [1.807, 2.05) is 25.1 Å². The molecule has 3 N–H and O–H groups in total. The maximum absolute atomic E-state index is 5.85. The zero-order chi connectivity index (χ0) is 12.8. The largest absolute Gasteiger partial charge is 0.492 e. The minimum atomic E-state index is 0.649. The summed E-state index contributed by atoms with van der Waals surface area (Å²) in [7, 11) is 0. The number of hydrogen-bond donors (Lipinski definition) is 2. The van der Waals surface area contributed by atoms with E-state index in [0.717, 1.165) is 23.9 Å². The highest BCUT2D eigenvalue weighted by molar-refractivity contribution is 5.61. The Morgan fingerprint density at radius 1 is 1.33 bits per heavy atom. The SMILES string of the molecule is CCOc1cc(NCCC2CCCC2)ccc1N. The maximum Gasteiger partial charge on any atom is 0.144 e. The molecule has 3 heteroatoms. The van der Waals surface area contributed by atoms with Gasteiger partial charge in [0.25, 0.3) is 0 Å². The van der Waals surface area contributed by atoms with Crippen LogP contribution in [0.5, 0.6) is 5.75 Å². The lowest BCUT2D eigenvalue weighted by atomic mass is 10.0. The normalized spacial score (nSPS) is 15.8. The van der Waals surface area contributed by atoms with Gasteiger partial charge < -0.3 is 15.8 Å². The Morgan fingerprint density at radius 2 is 2.11 bits per heavy atom. The van der Waals surface area contributed by atoms with E-state index < -0.39 is 0 Å². The average Bonchev–Trinajstić information content (AvgIpc) is 2.87. The van der Waals surface area contributed by atoms with Gasteiger partial charge in [0.05, 0.1) is 12.3 Å². The second-order valence-electron chi connectivity index (χ2n) is 5.05. The molecule has 0 atom stereocenters. The molecule has 1 aromatic rings. The van der Waals surface area contributed by atoms with E-state index in [9.17, 15) is 0 Å². The van der Waals surface area contributed by atoms with Gasteiger partial charge in [-0.1, -0.05) is 25.7 Å². The molecule has 0 heterocycles. The van der Waals surface area contributed by atoms with Crippen molar-refractivity contribution >= 4 is 11.4 Å². The predicted octanol–water partition coefficient (Wildman–Crippen LogP) is 3.66. The standard InChI is InChI=1S/C15H24N2O/c1-2-18-15-11-13(7-8-14(15)16)17-10-9-12-5-3-4-6-12/h7-8,11-12,17H,2-6,9-10,16H2,1H3. The quantitative estimate of drug-likeness (QED) is 0.755. The van der Waals surface area contributed by atoms with E-state index in [1.165, 1.54) is 32.1 Å². The van der Waals surface area contributed by atoms with Gasteiger partial charge in [-0.15, -0.1) is 0 Å². The number of benzene rings is 1. The van der Waals surface area contributed by atoms with Crippen molar-refractivity contribution in [1.29, 1.82) is 0 Å². The Labute approximate surface area is 110 Å². The van der Waals surface area contributed by atoms with Crippen LogP contribution >= 0.6 is 0 Å². The molecule has 2 rings (SSSR count). The van der Waals surface area contributed by atoms with Gasteiger partial charge in [-0.05, 0) is 31.4 Å². The summed E-state index contributed by atoms with van der Waals surface area (Å²) in [6.45, 7) is 3.66. The summed E-state index contributed by atoms with van der Waals surface area (Å²) in [5.74, 6) is 1.71. The monoisotopic (exact) mass is 248 g/mol. The average molecular weight is 248 g/mol. The van der Waals surface area contributed by atoms with Gasteiger partial charge in [0, 0.05) is 18.3 Å². The Balaban J connectivity index is 1.82. The third-order valence-corrected chi connectivity index (χ3v) is 3.67. The van der Waals surface area contributed by atoms with Crippen LogP contribution in [0.15, 0.2) is 18.2 Å². The molecule has 1 aliphatic carbocycles. The molecule has 0 saturated heterocycles. The molecule has 0 amide bonds. The van der Waals surface area contributed by atoms with E-state index in [2.05, 4.69) is 5.32 Å². The Kier molecular flexibility index (Phi) is 4.73. The number of nitrogens with one attached hydrogen (secondary N) is 1. The molecule has 3 nitrogen and oxygen atoms in total. The molecular formula is C15H24N2O. The number of nitrogens with two attached hydrogens (primary N) is 1. The van der Waals surface area contributed by atoms with Crippen LogP contribution in [0.25, 0.3) is 0 Å². The third kappa shape index (κ3) is 3.56. The zero-order valence-corrected chi connectivity index (χ0v) is 11.2. The van der Waals surface area contributed by atoms with Gasteiger partial charge in [0.15, 0.2) is 0 Å². The van der Waals surface area contributed by atoms with Crippen molar-refractivity contribution in [2.75, 3.05) is 24.2 Å². The van der Waals surface area contributed by atoms with Crippen LogP contribution in [0.2, 0.25) is 0 Å². The van der Waals surface area contributed by atoms with Crippen LogP contribution in [0.3, 0.4) is 0 Å². The Hall–Kier alpha value is -1.38. The first-order valence-corrected chi connectivity index (χ1v) is 7.05. The summed E-state index contributed by atoms with van der Waals surface area (Å²) < 4.78 is 5.49. The molecular weight excluding hydrogens is 224 g/mol. The lowest BCUT2D eigenvalue weighted by molar-refractivity contribution is 0.342. The van der Waals surface area contributed by atoms with Crippen molar-refractivity contribution in [2.24, 2.45) is 5.92 Å². The highest BCUT2D eigenvalue weighted by Gasteiger charge is 2.14. The summed E-state index contributed by atoms with van der Waals surface area (Å²) >= 11 is 0. The highest BCUT2D eigenvalue weighted by atomic mass is 16.5. The summed E-state index contributed by atoms with van der Waals surface area (Å²) in [5, 5.41) is 3.46. The summed E-state index contributed by atoms with van der Waals surface area (Å²) in [5.41, 5.74) is 7.66. The molecule has 0 spiro atoms. The van der Waals surface area contributed by atoms with Gasteiger partial charge in [0.2, 0.25) is 0 Å². The van der Waals surface area contributed by atoms with E-state index in [-0.39, 0.29) is 0 Å². The van der Waals surface area contributed by atoms with Crippen molar-refractivity contribution in [3.63, 3.8) is 0 Å². The topological polar surface area (TPSA) is 47.3 Å². The predicted molar refractivity (Wildman–Crippen MR) is 77.1 cm³/mol. The van der Waals surface area contributed by atoms with Crippen LogP contribution in [-0.4, -0.2) is 13.2 Å². The van der Waals surface area contributed by atoms with Crippen molar-refractivity contribution in [3.8, 4) is 5.75 Å². The number of anilines is 2. The number of nitrogen functional groups attached to an aromatic ring is 1. The molecule has 1 saturated carbocycles. The molecule has 100 valence electrons. The van der Waals surface area contributed by atoms with Gasteiger partial charge >= 0.3 is 0 Å². The minimum Gasteiger partial charge on any atom is -0.492 e. The number of ether oxygens (including phenoxy) is 1. The maximum atomic E-state index is 5.85. The zero-order valence-electron chi connectivity index (χ0n) is 11.2. The van der Waals surface area contributed by atoms with Gasteiger partial charge in [-0.25, -0.2) is 0 Å². The fourth-order valence-electron chi connectivity index (χ4n) is 2.64. The third-order valence-electron chi connectivity index (χ3n) is 3.67. The van der Waals surface area contributed by atoms with E-state index in [0.29, 0.717) is 12.3 Å². The van der Waals surface area contributed by atoms with E-state index in [1.54, 1.807) is 0 Å². The van der Waals surface area contributed by atoms with Gasteiger partial charge in [-0.2, -0.15) is 0 Å². The van der Waals surface area contributed by atoms with Gasteiger partial charge in [0.1, 0.15) is 5.75 Å². The Bertz CT molecular complexity index is 373. The van der Waals surface area contributed by atoms with E-state index >= 15 is 0 Å². The second kappa shape index (κ2) is 6.53. The Morgan fingerprint density at radius 3 is 2.83 bits per heavy atom. The molecule has 1 fully saturated rings. The minimum absolute atomic E-state index is 0.649. The number of hydrogen-bond acceptors (Lipinski definition) is 3. The first-order chi connectivity index (χ1) is 8.79. The molecule has 0 unspecified atom stereocenters. The fraction of sp³-hybridized carbons (Fsp3) is 0.600. The smallest absolute Gasteiger partial charge is 0.144 e. The summed E-state index contributed by atoms with van der Waals surface area (Å²) in [6.07, 6.45) is 6.93. The lowest BCUT2D eigenvalue weighted by Gasteiger charge is -2.13. The first kappa shape index (κ1) is 13.1. The van der Waals surface area contributed by atoms with Crippen molar-refractivity contribution < 1.29 is 4.74 Å². The molecule has 1 aliphatic rings. The van der Waals surface area contributed by atoms with Gasteiger partial charge in [-0.3, -0.25) is 0 Å². The molecule has 18 heavy (non-hydrogen) atoms. The lowest BCUT2D eigenvalue weighted by Crippen LogP contribution is -2.07. The van der Waals surface area contributed by atoms with Crippen molar-refractivity contribution in [1.82, 2.24) is 0 Å². The van der Waals surface area contributed by atoms with Crippen LogP contribution in [0.1, 0.15) is 39.0 Å². The first-order valence-electron chi connectivity index (χ1n) is 7.05. The molecule has 0 radical (unpaired) electrons. The molecule has 0 bridgehead atoms.